The summed E-state index contributed by atoms with van der Waals surface area (Å²) in [7, 11) is 0. The molecule has 1 aromatic rings. The molecule has 5 N–H and O–H groups in total. The summed E-state index contributed by atoms with van der Waals surface area (Å²) >= 11 is 0. The number of likely N-dealkylation sites (tertiary alicyclic amines) is 1. The first-order valence-electron chi connectivity index (χ1n) is 9.61. The fourth-order valence-electron chi connectivity index (χ4n) is 3.37. The number of piperidine rings is 1. The van der Waals surface area contributed by atoms with Crippen LogP contribution in [0.1, 0.15) is 31.2 Å². The molecule has 0 spiro atoms. The van der Waals surface area contributed by atoms with Gasteiger partial charge in [0.25, 0.3) is 0 Å². The van der Waals surface area contributed by atoms with E-state index in [0.717, 1.165) is 5.56 Å². The average molecular weight is 405 g/mol. The minimum Gasteiger partial charge on any atom is -0.481 e. The SMILES string of the molecule is N[C@@H](Cc1ccccc1)C(=O)N1CCC(C(=O)N[C@@H](CCC(=O)O)C(=O)O)CC1. The maximum atomic E-state index is 12.6. The lowest BCUT2D eigenvalue weighted by molar-refractivity contribution is -0.144. The molecule has 1 aliphatic rings. The largest absolute Gasteiger partial charge is 0.481 e. The molecular weight excluding hydrogens is 378 g/mol. The lowest BCUT2D eigenvalue weighted by Crippen LogP contribution is -2.51. The number of rotatable bonds is 9. The first-order valence-corrected chi connectivity index (χ1v) is 9.61. The van der Waals surface area contributed by atoms with Crippen molar-refractivity contribution in [2.24, 2.45) is 11.7 Å². The van der Waals surface area contributed by atoms with E-state index in [1.165, 1.54) is 0 Å². The van der Waals surface area contributed by atoms with Crippen LogP contribution >= 0.6 is 0 Å². The van der Waals surface area contributed by atoms with Crippen LogP contribution in [-0.2, 0) is 25.6 Å². The maximum Gasteiger partial charge on any atom is 0.326 e. The highest BCUT2D eigenvalue weighted by atomic mass is 16.4. The first kappa shape index (κ1) is 22.4. The molecule has 158 valence electrons. The zero-order valence-corrected chi connectivity index (χ0v) is 16.1. The quantitative estimate of drug-likeness (QED) is 0.459. The molecule has 1 fully saturated rings. The van der Waals surface area contributed by atoms with Crippen molar-refractivity contribution in [1.82, 2.24) is 10.2 Å². The average Bonchev–Trinajstić information content (AvgIpc) is 2.70. The molecule has 0 saturated carbocycles. The molecule has 29 heavy (non-hydrogen) atoms. The number of amides is 2. The normalized spacial score (nSPS) is 16.7. The third-order valence-electron chi connectivity index (χ3n) is 5.05. The van der Waals surface area contributed by atoms with Crippen molar-refractivity contribution in [2.75, 3.05) is 13.1 Å². The van der Waals surface area contributed by atoms with Gasteiger partial charge in [-0.15, -0.1) is 0 Å². The van der Waals surface area contributed by atoms with Gasteiger partial charge in [0.05, 0.1) is 6.04 Å². The molecule has 1 heterocycles. The van der Waals surface area contributed by atoms with Gasteiger partial charge >= 0.3 is 11.9 Å². The fourth-order valence-corrected chi connectivity index (χ4v) is 3.37. The van der Waals surface area contributed by atoms with Crippen LogP contribution < -0.4 is 11.1 Å². The summed E-state index contributed by atoms with van der Waals surface area (Å²) < 4.78 is 0. The van der Waals surface area contributed by atoms with E-state index in [9.17, 15) is 19.2 Å². The van der Waals surface area contributed by atoms with E-state index in [1.54, 1.807) is 4.90 Å². The number of carbonyl (C=O) groups is 4. The van der Waals surface area contributed by atoms with Gasteiger partial charge in [-0.3, -0.25) is 14.4 Å². The topological polar surface area (TPSA) is 150 Å². The predicted octanol–water partition coefficient (Wildman–Crippen LogP) is 0.229. The van der Waals surface area contributed by atoms with Crippen LogP contribution in [0.2, 0.25) is 0 Å². The number of aliphatic carboxylic acids is 2. The molecule has 0 aliphatic carbocycles. The predicted molar refractivity (Wildman–Crippen MR) is 104 cm³/mol. The second-order valence-corrected chi connectivity index (χ2v) is 7.23. The van der Waals surface area contributed by atoms with Gasteiger partial charge in [0.1, 0.15) is 6.04 Å². The Labute approximate surface area is 168 Å². The lowest BCUT2D eigenvalue weighted by atomic mass is 9.94. The van der Waals surface area contributed by atoms with Crippen molar-refractivity contribution in [3.8, 4) is 0 Å². The Hall–Kier alpha value is -2.94. The fraction of sp³-hybridized carbons (Fsp3) is 0.500. The third kappa shape index (κ3) is 6.86. The zero-order chi connectivity index (χ0) is 21.4. The van der Waals surface area contributed by atoms with E-state index < -0.39 is 35.8 Å². The minimum atomic E-state index is -1.26. The van der Waals surface area contributed by atoms with Gasteiger partial charge < -0.3 is 26.2 Å². The van der Waals surface area contributed by atoms with Gasteiger partial charge in [-0.1, -0.05) is 30.3 Å². The van der Waals surface area contributed by atoms with Crippen molar-refractivity contribution < 1.29 is 29.4 Å². The summed E-state index contributed by atoms with van der Waals surface area (Å²) in [5.74, 6) is -3.40. The molecule has 0 radical (unpaired) electrons. The van der Waals surface area contributed by atoms with Crippen molar-refractivity contribution in [3.05, 3.63) is 35.9 Å². The lowest BCUT2D eigenvalue weighted by Gasteiger charge is -2.33. The van der Waals surface area contributed by atoms with Crippen LogP contribution in [0, 0.1) is 5.92 Å². The number of benzene rings is 1. The minimum absolute atomic E-state index is 0.169. The highest BCUT2D eigenvalue weighted by molar-refractivity contribution is 5.86. The molecule has 1 aliphatic heterocycles. The molecule has 1 saturated heterocycles. The Balaban J connectivity index is 1.82. The Morgan fingerprint density at radius 3 is 2.28 bits per heavy atom. The molecule has 1 aromatic carbocycles. The maximum absolute atomic E-state index is 12.6. The van der Waals surface area contributed by atoms with Crippen molar-refractivity contribution in [2.45, 2.75) is 44.2 Å². The van der Waals surface area contributed by atoms with E-state index >= 15 is 0 Å². The summed E-state index contributed by atoms with van der Waals surface area (Å²) in [6, 6.07) is 7.59. The number of carboxylic acid groups (broad SMARTS) is 2. The van der Waals surface area contributed by atoms with Crippen LogP contribution in [0.25, 0.3) is 0 Å². The van der Waals surface area contributed by atoms with E-state index in [0.29, 0.717) is 32.4 Å². The molecule has 9 heteroatoms. The highest BCUT2D eigenvalue weighted by Gasteiger charge is 2.31. The van der Waals surface area contributed by atoms with Crippen molar-refractivity contribution >= 4 is 23.8 Å². The summed E-state index contributed by atoms with van der Waals surface area (Å²) in [6.07, 6.45) is 0.720. The van der Waals surface area contributed by atoms with Gasteiger partial charge in [0.2, 0.25) is 11.8 Å². The van der Waals surface area contributed by atoms with Crippen LogP contribution in [0.15, 0.2) is 30.3 Å². The van der Waals surface area contributed by atoms with Gasteiger partial charge in [0, 0.05) is 25.4 Å². The Kier molecular flexibility index (Phi) is 8.14. The van der Waals surface area contributed by atoms with E-state index in [-0.39, 0.29) is 18.7 Å². The summed E-state index contributed by atoms with van der Waals surface area (Å²) in [5, 5.41) is 20.3. The Bertz CT molecular complexity index is 731. The first-order chi connectivity index (χ1) is 13.8. The van der Waals surface area contributed by atoms with E-state index in [2.05, 4.69) is 5.32 Å². The summed E-state index contributed by atoms with van der Waals surface area (Å²) in [5.41, 5.74) is 7.02. The number of hydrogen-bond donors (Lipinski definition) is 4. The Morgan fingerprint density at radius 1 is 1.10 bits per heavy atom. The molecular formula is C20H27N3O6. The smallest absolute Gasteiger partial charge is 0.326 e. The Morgan fingerprint density at radius 2 is 1.72 bits per heavy atom. The van der Waals surface area contributed by atoms with Crippen LogP contribution in [0.3, 0.4) is 0 Å². The molecule has 0 unspecified atom stereocenters. The van der Waals surface area contributed by atoms with E-state index in [1.807, 2.05) is 30.3 Å². The molecule has 9 nitrogen and oxygen atoms in total. The van der Waals surface area contributed by atoms with Gasteiger partial charge in [-0.2, -0.15) is 0 Å². The number of carbonyl (C=O) groups excluding carboxylic acids is 2. The number of carboxylic acids is 2. The van der Waals surface area contributed by atoms with Gasteiger partial charge in [-0.25, -0.2) is 4.79 Å². The van der Waals surface area contributed by atoms with Crippen LogP contribution in [0.4, 0.5) is 0 Å². The summed E-state index contributed by atoms with van der Waals surface area (Å²) in [6.45, 7) is 0.735. The summed E-state index contributed by atoms with van der Waals surface area (Å²) in [4.78, 5) is 48.4. The van der Waals surface area contributed by atoms with Crippen molar-refractivity contribution in [3.63, 3.8) is 0 Å². The molecule has 2 atom stereocenters. The highest BCUT2D eigenvalue weighted by Crippen LogP contribution is 2.19. The molecule has 0 aromatic heterocycles. The van der Waals surface area contributed by atoms with E-state index in [4.69, 9.17) is 15.9 Å². The second-order valence-electron chi connectivity index (χ2n) is 7.23. The number of nitrogens with zero attached hydrogens (tertiary/aromatic N) is 1. The number of nitrogens with one attached hydrogen (secondary N) is 1. The third-order valence-corrected chi connectivity index (χ3v) is 5.05. The molecule has 2 amide bonds. The van der Waals surface area contributed by atoms with Crippen LogP contribution in [0.5, 0.6) is 0 Å². The number of nitrogens with two attached hydrogens (primary N) is 1. The monoisotopic (exact) mass is 405 g/mol. The molecule has 0 bridgehead atoms. The van der Waals surface area contributed by atoms with Crippen LogP contribution in [-0.4, -0.2) is 64.0 Å². The zero-order valence-electron chi connectivity index (χ0n) is 16.1. The standard InChI is InChI=1S/C20H27N3O6/c21-15(12-13-4-2-1-3-5-13)19(27)23-10-8-14(9-11-23)18(26)22-16(20(28)29)6-7-17(24)25/h1-5,14-16H,6-12,21H2,(H,22,26)(H,24,25)(H,28,29)/t15-,16-/m0/s1. The van der Waals surface area contributed by atoms with Gasteiger partial charge in [-0.05, 0) is 31.2 Å². The van der Waals surface area contributed by atoms with Crippen molar-refractivity contribution in [1.29, 1.82) is 0 Å². The number of hydrogen-bond acceptors (Lipinski definition) is 5. The molecule has 2 rings (SSSR count). The second kappa shape index (κ2) is 10.6. The van der Waals surface area contributed by atoms with Gasteiger partial charge in [0.15, 0.2) is 0 Å².